The average molecular weight is 500 g/mol. The van der Waals surface area contributed by atoms with Crippen molar-refractivity contribution in [3.63, 3.8) is 0 Å². The molecule has 1 aliphatic rings. The molecule has 1 amide bonds. The van der Waals surface area contributed by atoms with Crippen LogP contribution in [0.2, 0.25) is 10.0 Å². The molecule has 7 heteroatoms. The topological polar surface area (TPSA) is 29.5 Å². The van der Waals surface area contributed by atoms with Crippen molar-refractivity contribution in [1.82, 2.24) is 4.90 Å². The standard InChI is InChI=1S/C25H19Cl2NO2S2/c1-16-2-4-17(5-3-16)14-28-24(29)23(32-25(28)31)13-19-8-11-22(21(27)12-19)30-15-18-6-9-20(26)10-7-18/h2-13H,14-15H2,1H3/b23-13-. The third-order valence-electron chi connectivity index (χ3n) is 4.90. The van der Waals surface area contributed by atoms with Crippen LogP contribution in [0.3, 0.4) is 0 Å². The molecule has 0 saturated carbocycles. The maximum absolute atomic E-state index is 12.9. The monoisotopic (exact) mass is 499 g/mol. The Kier molecular flexibility index (Phi) is 7.21. The second kappa shape index (κ2) is 10.1. The van der Waals surface area contributed by atoms with E-state index in [4.69, 9.17) is 40.2 Å². The molecule has 0 aliphatic carbocycles. The van der Waals surface area contributed by atoms with E-state index in [9.17, 15) is 4.79 Å². The number of rotatable bonds is 6. The van der Waals surface area contributed by atoms with Gasteiger partial charge in [-0.3, -0.25) is 9.69 Å². The quantitative estimate of drug-likeness (QED) is 0.263. The predicted molar refractivity (Wildman–Crippen MR) is 137 cm³/mol. The van der Waals surface area contributed by atoms with Crippen molar-refractivity contribution in [3.8, 4) is 5.75 Å². The van der Waals surface area contributed by atoms with Gasteiger partial charge in [0.05, 0.1) is 16.5 Å². The number of benzene rings is 3. The molecule has 0 spiro atoms. The first-order valence-electron chi connectivity index (χ1n) is 9.87. The van der Waals surface area contributed by atoms with Crippen molar-refractivity contribution in [3.05, 3.63) is 104 Å². The number of amides is 1. The molecule has 0 atom stereocenters. The van der Waals surface area contributed by atoms with Gasteiger partial charge in [-0.25, -0.2) is 0 Å². The minimum Gasteiger partial charge on any atom is -0.487 e. The van der Waals surface area contributed by atoms with E-state index in [1.165, 1.54) is 17.3 Å². The number of halogens is 2. The molecule has 3 aromatic carbocycles. The van der Waals surface area contributed by atoms with Gasteiger partial charge in [0.25, 0.3) is 5.91 Å². The molecule has 1 saturated heterocycles. The normalized spacial score (nSPS) is 15.0. The zero-order chi connectivity index (χ0) is 22.7. The SMILES string of the molecule is Cc1ccc(CN2C(=O)/C(=C/c3ccc(OCc4ccc(Cl)cc4)c(Cl)c3)SC2=S)cc1. The van der Waals surface area contributed by atoms with Gasteiger partial charge in [-0.2, -0.15) is 0 Å². The number of hydrogen-bond donors (Lipinski definition) is 0. The highest BCUT2D eigenvalue weighted by molar-refractivity contribution is 8.26. The van der Waals surface area contributed by atoms with E-state index >= 15 is 0 Å². The predicted octanol–water partition coefficient (Wildman–Crippen LogP) is 7.28. The summed E-state index contributed by atoms with van der Waals surface area (Å²) in [6.07, 6.45) is 1.81. The van der Waals surface area contributed by atoms with Gasteiger partial charge in [0.1, 0.15) is 16.7 Å². The third kappa shape index (κ3) is 5.54. The summed E-state index contributed by atoms with van der Waals surface area (Å²) in [6.45, 7) is 2.87. The Balaban J connectivity index is 1.44. The molecule has 0 radical (unpaired) electrons. The van der Waals surface area contributed by atoms with E-state index < -0.39 is 0 Å². The molecule has 1 fully saturated rings. The molecular weight excluding hydrogens is 481 g/mol. The van der Waals surface area contributed by atoms with Crippen LogP contribution in [0, 0.1) is 6.92 Å². The highest BCUT2D eigenvalue weighted by Crippen LogP contribution is 2.35. The summed E-state index contributed by atoms with van der Waals surface area (Å²) >= 11 is 19.1. The fraction of sp³-hybridized carbons (Fsp3) is 0.120. The van der Waals surface area contributed by atoms with Gasteiger partial charge < -0.3 is 4.74 Å². The van der Waals surface area contributed by atoms with Crippen LogP contribution >= 0.6 is 47.2 Å². The van der Waals surface area contributed by atoms with Crippen LogP contribution in [0.15, 0.2) is 71.6 Å². The number of nitrogens with zero attached hydrogens (tertiary/aromatic N) is 1. The molecule has 0 aromatic heterocycles. The first-order chi connectivity index (χ1) is 15.4. The van der Waals surface area contributed by atoms with Gasteiger partial charge in [-0.05, 0) is 54.0 Å². The highest BCUT2D eigenvalue weighted by atomic mass is 35.5. The van der Waals surface area contributed by atoms with Crippen LogP contribution in [0.5, 0.6) is 5.75 Å². The zero-order valence-electron chi connectivity index (χ0n) is 17.2. The molecule has 0 unspecified atom stereocenters. The number of aryl methyl sites for hydroxylation is 1. The second-order valence-corrected chi connectivity index (χ2v) is 9.88. The lowest BCUT2D eigenvalue weighted by Gasteiger charge is -2.14. The van der Waals surface area contributed by atoms with Crippen LogP contribution in [-0.2, 0) is 17.9 Å². The van der Waals surface area contributed by atoms with Crippen LogP contribution in [0.25, 0.3) is 6.08 Å². The Morgan fingerprint density at radius 3 is 2.38 bits per heavy atom. The third-order valence-corrected chi connectivity index (χ3v) is 6.82. The summed E-state index contributed by atoms with van der Waals surface area (Å²) < 4.78 is 6.37. The lowest BCUT2D eigenvalue weighted by Crippen LogP contribution is -2.27. The van der Waals surface area contributed by atoms with Crippen LogP contribution in [0.1, 0.15) is 22.3 Å². The Morgan fingerprint density at radius 1 is 1.00 bits per heavy atom. The minimum absolute atomic E-state index is 0.0974. The zero-order valence-corrected chi connectivity index (χ0v) is 20.3. The molecular formula is C25H19Cl2NO2S2. The Hall–Kier alpha value is -2.31. The van der Waals surface area contributed by atoms with Crippen LogP contribution in [-0.4, -0.2) is 15.1 Å². The summed E-state index contributed by atoms with van der Waals surface area (Å²) in [7, 11) is 0. The van der Waals surface area contributed by atoms with E-state index in [2.05, 4.69) is 0 Å². The largest absolute Gasteiger partial charge is 0.487 e. The van der Waals surface area contributed by atoms with Gasteiger partial charge >= 0.3 is 0 Å². The summed E-state index contributed by atoms with van der Waals surface area (Å²) in [5, 5.41) is 1.16. The van der Waals surface area contributed by atoms with Crippen molar-refractivity contribution < 1.29 is 9.53 Å². The van der Waals surface area contributed by atoms with Gasteiger partial charge in [0.2, 0.25) is 0 Å². The average Bonchev–Trinajstić information content (AvgIpc) is 3.03. The van der Waals surface area contributed by atoms with Crippen molar-refractivity contribution in [2.24, 2.45) is 0 Å². The van der Waals surface area contributed by atoms with E-state index in [0.717, 1.165) is 16.7 Å². The number of thiocarbonyl (C=S) groups is 1. The number of carbonyl (C=O) groups excluding carboxylic acids is 1. The fourth-order valence-electron chi connectivity index (χ4n) is 3.13. The van der Waals surface area contributed by atoms with Crippen molar-refractivity contribution in [2.45, 2.75) is 20.1 Å². The van der Waals surface area contributed by atoms with Gasteiger partial charge in [0, 0.05) is 5.02 Å². The number of ether oxygens (including phenoxy) is 1. The molecule has 1 aliphatic heterocycles. The first-order valence-corrected chi connectivity index (χ1v) is 11.8. The lowest BCUT2D eigenvalue weighted by atomic mass is 10.1. The second-order valence-electron chi connectivity index (χ2n) is 7.36. The molecule has 3 nitrogen and oxygen atoms in total. The van der Waals surface area contributed by atoms with E-state index in [1.54, 1.807) is 17.0 Å². The minimum atomic E-state index is -0.0974. The Morgan fingerprint density at radius 2 is 1.69 bits per heavy atom. The van der Waals surface area contributed by atoms with E-state index in [1.807, 2.05) is 67.6 Å². The van der Waals surface area contributed by atoms with Crippen molar-refractivity contribution >= 4 is 63.5 Å². The molecule has 0 bridgehead atoms. The summed E-state index contributed by atoms with van der Waals surface area (Å²) in [5.41, 5.74) is 4.02. The molecule has 3 aromatic rings. The van der Waals surface area contributed by atoms with Crippen molar-refractivity contribution in [2.75, 3.05) is 0 Å². The fourth-order valence-corrected chi connectivity index (χ4v) is 4.75. The highest BCUT2D eigenvalue weighted by Gasteiger charge is 2.32. The summed E-state index contributed by atoms with van der Waals surface area (Å²) in [4.78, 5) is 15.1. The number of hydrogen-bond acceptors (Lipinski definition) is 4. The molecule has 1 heterocycles. The maximum atomic E-state index is 12.9. The van der Waals surface area contributed by atoms with Gasteiger partial charge in [-0.15, -0.1) is 0 Å². The van der Waals surface area contributed by atoms with Gasteiger partial charge in [-0.1, -0.05) is 95.2 Å². The smallest absolute Gasteiger partial charge is 0.266 e. The molecule has 32 heavy (non-hydrogen) atoms. The first kappa shape index (κ1) is 22.9. The molecule has 162 valence electrons. The van der Waals surface area contributed by atoms with Crippen LogP contribution in [0.4, 0.5) is 0 Å². The Labute approximate surface area is 207 Å². The maximum Gasteiger partial charge on any atom is 0.266 e. The number of carbonyl (C=O) groups is 1. The van der Waals surface area contributed by atoms with E-state index in [-0.39, 0.29) is 5.91 Å². The summed E-state index contributed by atoms with van der Waals surface area (Å²) in [6, 6.07) is 21.0. The lowest BCUT2D eigenvalue weighted by molar-refractivity contribution is -0.122. The number of thioether (sulfide) groups is 1. The molecule has 0 N–H and O–H groups in total. The van der Waals surface area contributed by atoms with E-state index in [0.29, 0.717) is 38.2 Å². The summed E-state index contributed by atoms with van der Waals surface area (Å²) in [5.74, 6) is 0.477. The van der Waals surface area contributed by atoms with Crippen molar-refractivity contribution in [1.29, 1.82) is 0 Å². The van der Waals surface area contributed by atoms with Crippen LogP contribution < -0.4 is 4.74 Å². The van der Waals surface area contributed by atoms with Gasteiger partial charge in [0.15, 0.2) is 0 Å². The molecule has 4 rings (SSSR count). The Bertz CT molecular complexity index is 1190.